The van der Waals surface area contributed by atoms with E-state index in [9.17, 15) is 21.6 Å². The van der Waals surface area contributed by atoms with Crippen molar-refractivity contribution in [1.82, 2.24) is 14.9 Å². The average molecular weight is 544 g/mol. The maximum absolute atomic E-state index is 12.6. The first kappa shape index (κ1) is 27.7. The SMILES string of the molecule is CN=C(NCCCOCC(C)C)NCC1CCN(S(=O)(=O)C(F)(F)F)CC1.I. The number of hydrogen-bond acceptors (Lipinski definition) is 4. The fourth-order valence-electron chi connectivity index (χ4n) is 2.66. The quantitative estimate of drug-likeness (QED) is 0.202. The van der Waals surface area contributed by atoms with E-state index in [1.807, 2.05) is 0 Å². The van der Waals surface area contributed by atoms with Crippen LogP contribution < -0.4 is 10.6 Å². The highest BCUT2D eigenvalue weighted by molar-refractivity contribution is 14.0. The topological polar surface area (TPSA) is 83.0 Å². The zero-order valence-electron chi connectivity index (χ0n) is 16.6. The predicted molar refractivity (Wildman–Crippen MR) is 114 cm³/mol. The number of halogens is 4. The van der Waals surface area contributed by atoms with Gasteiger partial charge in [0, 0.05) is 46.4 Å². The molecule has 0 spiro atoms. The fraction of sp³-hybridized carbons (Fsp3) is 0.938. The number of rotatable bonds is 9. The van der Waals surface area contributed by atoms with Gasteiger partial charge in [0.25, 0.3) is 0 Å². The van der Waals surface area contributed by atoms with E-state index in [1.165, 1.54) is 0 Å². The fourth-order valence-corrected chi connectivity index (χ4v) is 3.65. The van der Waals surface area contributed by atoms with Crippen LogP contribution in [0.25, 0.3) is 0 Å². The van der Waals surface area contributed by atoms with Gasteiger partial charge >= 0.3 is 15.5 Å². The van der Waals surface area contributed by atoms with Crippen molar-refractivity contribution in [2.75, 3.05) is 46.4 Å². The van der Waals surface area contributed by atoms with Crippen molar-refractivity contribution in [2.24, 2.45) is 16.8 Å². The summed E-state index contributed by atoms with van der Waals surface area (Å²) in [6, 6.07) is 0. The smallest absolute Gasteiger partial charge is 0.381 e. The van der Waals surface area contributed by atoms with Gasteiger partial charge in [-0.2, -0.15) is 17.5 Å². The van der Waals surface area contributed by atoms with E-state index in [-0.39, 0.29) is 43.0 Å². The molecule has 0 amide bonds. The molecule has 1 aliphatic rings. The Morgan fingerprint density at radius 3 is 2.36 bits per heavy atom. The number of piperidine rings is 1. The second kappa shape index (κ2) is 13.1. The molecule has 1 rings (SSSR count). The Balaban J connectivity index is 0.00000729. The van der Waals surface area contributed by atoms with Crippen molar-refractivity contribution in [3.05, 3.63) is 0 Å². The first-order valence-electron chi connectivity index (χ1n) is 9.16. The van der Waals surface area contributed by atoms with Crippen molar-refractivity contribution >= 4 is 40.0 Å². The Hall–Kier alpha value is -0.340. The second-order valence-electron chi connectivity index (χ2n) is 7.00. The van der Waals surface area contributed by atoms with Crippen molar-refractivity contribution in [3.8, 4) is 0 Å². The maximum atomic E-state index is 12.6. The van der Waals surface area contributed by atoms with Gasteiger partial charge in [0.15, 0.2) is 5.96 Å². The van der Waals surface area contributed by atoms with E-state index >= 15 is 0 Å². The van der Waals surface area contributed by atoms with Gasteiger partial charge in [-0.05, 0) is 31.1 Å². The Kier molecular flexibility index (Phi) is 12.9. The van der Waals surface area contributed by atoms with E-state index in [0.29, 0.717) is 48.7 Å². The standard InChI is InChI=1S/C16H31F3N4O3S.HI/c1-13(2)12-26-10-4-7-21-15(20-3)22-11-14-5-8-23(9-6-14)27(24,25)16(17,18)19;/h13-14H,4-12H2,1-3H3,(H2,20,21,22);1H. The first-order chi connectivity index (χ1) is 12.6. The zero-order chi connectivity index (χ0) is 20.5. The average Bonchev–Trinajstić information content (AvgIpc) is 2.59. The molecule has 0 bridgehead atoms. The lowest BCUT2D eigenvalue weighted by Crippen LogP contribution is -2.47. The number of ether oxygens (including phenoxy) is 1. The molecule has 0 radical (unpaired) electrons. The van der Waals surface area contributed by atoms with Crippen molar-refractivity contribution in [3.63, 3.8) is 0 Å². The summed E-state index contributed by atoms with van der Waals surface area (Å²) >= 11 is 0. The van der Waals surface area contributed by atoms with Crippen LogP contribution >= 0.6 is 24.0 Å². The van der Waals surface area contributed by atoms with E-state index < -0.39 is 15.5 Å². The molecule has 12 heteroatoms. The van der Waals surface area contributed by atoms with Crippen LogP contribution in [0.5, 0.6) is 0 Å². The second-order valence-corrected chi connectivity index (χ2v) is 8.92. The van der Waals surface area contributed by atoms with Crippen LogP contribution in [0.4, 0.5) is 13.2 Å². The van der Waals surface area contributed by atoms with Crippen LogP contribution in [0.1, 0.15) is 33.1 Å². The summed E-state index contributed by atoms with van der Waals surface area (Å²) in [5.74, 6) is 1.21. The van der Waals surface area contributed by atoms with E-state index in [1.54, 1.807) is 7.05 Å². The van der Waals surface area contributed by atoms with Crippen molar-refractivity contribution in [2.45, 2.75) is 38.6 Å². The van der Waals surface area contributed by atoms with E-state index in [2.05, 4.69) is 29.5 Å². The lowest BCUT2D eigenvalue weighted by Gasteiger charge is -2.31. The number of hydrogen-bond donors (Lipinski definition) is 2. The van der Waals surface area contributed by atoms with E-state index in [0.717, 1.165) is 13.0 Å². The summed E-state index contributed by atoms with van der Waals surface area (Å²) < 4.78 is 66.5. The van der Waals surface area contributed by atoms with Gasteiger partial charge in [0.2, 0.25) is 0 Å². The van der Waals surface area contributed by atoms with Gasteiger partial charge < -0.3 is 15.4 Å². The Labute approximate surface area is 182 Å². The Morgan fingerprint density at radius 1 is 1.25 bits per heavy atom. The van der Waals surface area contributed by atoms with Crippen molar-refractivity contribution in [1.29, 1.82) is 0 Å². The number of sulfonamides is 1. The van der Waals surface area contributed by atoms with Gasteiger partial charge in [-0.15, -0.1) is 24.0 Å². The molecule has 0 unspecified atom stereocenters. The van der Waals surface area contributed by atoms with Gasteiger partial charge in [0.1, 0.15) is 0 Å². The number of guanidine groups is 1. The molecule has 1 fully saturated rings. The van der Waals surface area contributed by atoms with Crippen LogP contribution in [0.15, 0.2) is 4.99 Å². The highest BCUT2D eigenvalue weighted by Gasteiger charge is 2.50. The van der Waals surface area contributed by atoms with Gasteiger partial charge in [-0.25, -0.2) is 8.42 Å². The zero-order valence-corrected chi connectivity index (χ0v) is 19.7. The molecule has 7 nitrogen and oxygen atoms in total. The third-order valence-electron chi connectivity index (χ3n) is 4.20. The van der Waals surface area contributed by atoms with Crippen LogP contribution in [-0.4, -0.2) is 70.6 Å². The molecule has 0 aromatic heterocycles. The highest BCUT2D eigenvalue weighted by atomic mass is 127. The maximum Gasteiger partial charge on any atom is 0.511 e. The molecule has 0 atom stereocenters. The minimum absolute atomic E-state index is 0. The summed E-state index contributed by atoms with van der Waals surface area (Å²) in [7, 11) is -3.58. The first-order valence-corrected chi connectivity index (χ1v) is 10.6. The third-order valence-corrected chi connectivity index (χ3v) is 5.83. The van der Waals surface area contributed by atoms with Crippen LogP contribution in [0, 0.1) is 11.8 Å². The summed E-state index contributed by atoms with van der Waals surface area (Å²) in [5.41, 5.74) is -5.23. The third kappa shape index (κ3) is 9.44. The van der Waals surface area contributed by atoms with Gasteiger partial charge in [0.05, 0.1) is 0 Å². The molecule has 1 heterocycles. The van der Waals surface area contributed by atoms with Gasteiger partial charge in [-0.3, -0.25) is 4.99 Å². The summed E-state index contributed by atoms with van der Waals surface area (Å²) in [6.07, 6.45) is 1.59. The van der Waals surface area contributed by atoms with E-state index in [4.69, 9.17) is 4.74 Å². The normalized spacial score (nSPS) is 17.5. The number of alkyl halides is 3. The molecule has 1 aliphatic heterocycles. The Bertz CT molecular complexity index is 566. The summed E-state index contributed by atoms with van der Waals surface area (Å²) in [6.45, 7) is 6.56. The number of nitrogens with one attached hydrogen (secondary N) is 2. The lowest BCUT2D eigenvalue weighted by atomic mass is 9.98. The number of nitrogens with zero attached hydrogens (tertiary/aromatic N) is 2. The Morgan fingerprint density at radius 2 is 1.86 bits per heavy atom. The molecule has 0 aromatic carbocycles. The molecule has 28 heavy (non-hydrogen) atoms. The largest absolute Gasteiger partial charge is 0.511 e. The van der Waals surface area contributed by atoms with Gasteiger partial charge in [-0.1, -0.05) is 13.8 Å². The molecule has 0 saturated carbocycles. The monoisotopic (exact) mass is 544 g/mol. The number of aliphatic imine (C=N–C) groups is 1. The van der Waals surface area contributed by atoms with Crippen LogP contribution in [-0.2, 0) is 14.8 Å². The summed E-state index contributed by atoms with van der Waals surface area (Å²) in [5, 5.41) is 6.29. The molecule has 0 aromatic rings. The minimum atomic E-state index is -5.23. The molecule has 1 saturated heterocycles. The summed E-state index contributed by atoms with van der Waals surface area (Å²) in [4.78, 5) is 4.10. The predicted octanol–water partition coefficient (Wildman–Crippen LogP) is 2.39. The molecule has 2 N–H and O–H groups in total. The minimum Gasteiger partial charge on any atom is -0.381 e. The molecular weight excluding hydrogens is 512 g/mol. The highest BCUT2D eigenvalue weighted by Crippen LogP contribution is 2.30. The molecular formula is C16H32F3IN4O3S. The molecule has 0 aliphatic carbocycles. The van der Waals surface area contributed by atoms with Crippen LogP contribution in [0.3, 0.4) is 0 Å². The lowest BCUT2D eigenvalue weighted by molar-refractivity contribution is -0.0496. The van der Waals surface area contributed by atoms with Crippen LogP contribution in [0.2, 0.25) is 0 Å². The molecule has 168 valence electrons. The van der Waals surface area contributed by atoms with Crippen molar-refractivity contribution < 1.29 is 26.3 Å².